The summed E-state index contributed by atoms with van der Waals surface area (Å²) in [5.74, 6) is 1.66. The third kappa shape index (κ3) is 2.39. The Kier molecular flexibility index (Phi) is 3.77. The fraction of sp³-hybridized carbons (Fsp3) is 0.524. The summed E-state index contributed by atoms with van der Waals surface area (Å²) >= 11 is 6.41. The summed E-state index contributed by atoms with van der Waals surface area (Å²) in [6.45, 7) is 5.59. The minimum Gasteiger partial charge on any atom is -0.325 e. The molecule has 0 N–H and O–H groups in total. The van der Waals surface area contributed by atoms with E-state index in [4.69, 9.17) is 16.6 Å². The van der Waals surface area contributed by atoms with E-state index in [0.717, 1.165) is 36.9 Å². The van der Waals surface area contributed by atoms with E-state index in [1.807, 2.05) is 6.07 Å². The van der Waals surface area contributed by atoms with Crippen molar-refractivity contribution in [1.82, 2.24) is 14.9 Å². The van der Waals surface area contributed by atoms with Crippen molar-refractivity contribution >= 4 is 23.1 Å². The van der Waals surface area contributed by atoms with Gasteiger partial charge in [-0.2, -0.15) is 0 Å². The first kappa shape index (κ1) is 16.5. The summed E-state index contributed by atoms with van der Waals surface area (Å²) in [6, 6.07) is 6.41. The van der Waals surface area contributed by atoms with Gasteiger partial charge in [-0.15, -0.1) is 0 Å². The second kappa shape index (κ2) is 5.93. The number of fused-ring (bicyclic) bond motifs is 3. The highest BCUT2D eigenvalue weighted by Crippen LogP contribution is 2.51. The highest BCUT2D eigenvalue weighted by Gasteiger charge is 2.46. The van der Waals surface area contributed by atoms with Gasteiger partial charge >= 0.3 is 0 Å². The van der Waals surface area contributed by atoms with Gasteiger partial charge in [0.25, 0.3) is 0 Å². The molecule has 1 aliphatic carbocycles. The van der Waals surface area contributed by atoms with Crippen LogP contribution in [0, 0.1) is 0 Å². The van der Waals surface area contributed by atoms with E-state index >= 15 is 0 Å². The van der Waals surface area contributed by atoms with E-state index in [2.05, 4.69) is 40.9 Å². The molecular weight excluding hydrogens is 344 g/mol. The molecule has 5 heteroatoms. The molecule has 136 valence electrons. The van der Waals surface area contributed by atoms with Gasteiger partial charge in [-0.05, 0) is 75.5 Å². The molecule has 1 atom stereocenters. The van der Waals surface area contributed by atoms with E-state index < -0.39 is 0 Å². The van der Waals surface area contributed by atoms with Crippen molar-refractivity contribution < 1.29 is 0 Å². The Morgan fingerprint density at radius 2 is 2.00 bits per heavy atom. The Hall–Kier alpha value is -1.65. The number of hydrogen-bond donors (Lipinski definition) is 0. The lowest BCUT2D eigenvalue weighted by atomic mass is 9.74. The van der Waals surface area contributed by atoms with Crippen LogP contribution in [0.15, 0.2) is 24.5 Å². The minimum atomic E-state index is 0.187. The van der Waals surface area contributed by atoms with Crippen LogP contribution in [0.5, 0.6) is 0 Å². The lowest BCUT2D eigenvalue weighted by Gasteiger charge is -2.38. The fourth-order valence-electron chi connectivity index (χ4n) is 5.14. The van der Waals surface area contributed by atoms with Gasteiger partial charge < -0.3 is 9.80 Å². The maximum Gasteiger partial charge on any atom is 0.140 e. The zero-order valence-corrected chi connectivity index (χ0v) is 16.3. The van der Waals surface area contributed by atoms with Gasteiger partial charge in [0.05, 0.1) is 0 Å². The Bertz CT molecular complexity index is 857. The number of benzene rings is 1. The Labute approximate surface area is 160 Å². The summed E-state index contributed by atoms with van der Waals surface area (Å²) in [5, 5.41) is 0.838. The van der Waals surface area contributed by atoms with E-state index in [9.17, 15) is 0 Å². The number of aryl methyl sites for hydroxylation is 1. The molecule has 1 unspecified atom stereocenters. The van der Waals surface area contributed by atoms with Gasteiger partial charge in [-0.25, -0.2) is 9.97 Å². The van der Waals surface area contributed by atoms with Crippen molar-refractivity contribution in [1.29, 1.82) is 0 Å². The second-order valence-corrected chi connectivity index (χ2v) is 8.77. The molecular formula is C21H25ClN4. The average Bonchev–Trinajstić information content (AvgIpc) is 3.17. The summed E-state index contributed by atoms with van der Waals surface area (Å²) in [6.07, 6.45) is 6.36. The molecule has 1 aromatic heterocycles. The van der Waals surface area contributed by atoms with Gasteiger partial charge in [0.15, 0.2) is 0 Å². The standard InChI is InChI=1S/C21H25ClN4/c1-14-3-5-17-19(14)20(24-13-23-17)26-12-21(7-9-25(2)10-8-21)16-11-15(22)4-6-18(16)26/h4,6,11,13-14H,3,5,7-10,12H2,1-2H3. The van der Waals surface area contributed by atoms with Crippen molar-refractivity contribution in [2.45, 2.75) is 43.9 Å². The molecule has 1 aromatic carbocycles. The number of halogens is 1. The van der Waals surface area contributed by atoms with Crippen LogP contribution in [0.3, 0.4) is 0 Å². The van der Waals surface area contributed by atoms with Crippen LogP contribution in [0.2, 0.25) is 5.02 Å². The first-order valence-electron chi connectivity index (χ1n) is 9.67. The normalized spacial score (nSPS) is 24.1. The molecule has 0 amide bonds. The van der Waals surface area contributed by atoms with E-state index in [0.29, 0.717) is 5.92 Å². The smallest absolute Gasteiger partial charge is 0.140 e. The predicted molar refractivity (Wildman–Crippen MR) is 106 cm³/mol. The van der Waals surface area contributed by atoms with E-state index in [-0.39, 0.29) is 5.41 Å². The first-order chi connectivity index (χ1) is 12.6. The first-order valence-corrected chi connectivity index (χ1v) is 10.1. The lowest BCUT2D eigenvalue weighted by molar-refractivity contribution is 0.198. The highest BCUT2D eigenvalue weighted by molar-refractivity contribution is 6.30. The van der Waals surface area contributed by atoms with Crippen LogP contribution < -0.4 is 4.90 Å². The number of nitrogens with zero attached hydrogens (tertiary/aromatic N) is 4. The van der Waals surface area contributed by atoms with Crippen molar-refractivity contribution in [3.63, 3.8) is 0 Å². The van der Waals surface area contributed by atoms with Gasteiger partial charge in [-0.1, -0.05) is 18.5 Å². The molecule has 4 nitrogen and oxygen atoms in total. The average molecular weight is 369 g/mol. The molecule has 5 rings (SSSR count). The Morgan fingerprint density at radius 1 is 1.19 bits per heavy atom. The van der Waals surface area contributed by atoms with Crippen LogP contribution in [0.25, 0.3) is 0 Å². The zero-order valence-electron chi connectivity index (χ0n) is 15.5. The van der Waals surface area contributed by atoms with Crippen LogP contribution in [-0.2, 0) is 11.8 Å². The highest BCUT2D eigenvalue weighted by atomic mass is 35.5. The monoisotopic (exact) mass is 368 g/mol. The van der Waals surface area contributed by atoms with Crippen LogP contribution in [0.4, 0.5) is 11.5 Å². The molecule has 1 spiro atoms. The van der Waals surface area contributed by atoms with Gasteiger partial charge in [0.2, 0.25) is 0 Å². The van der Waals surface area contributed by atoms with Crippen molar-refractivity contribution in [3.05, 3.63) is 46.4 Å². The topological polar surface area (TPSA) is 32.3 Å². The predicted octanol–water partition coefficient (Wildman–Crippen LogP) is 4.29. The van der Waals surface area contributed by atoms with E-state index in [1.54, 1.807) is 6.33 Å². The van der Waals surface area contributed by atoms with E-state index in [1.165, 1.54) is 41.8 Å². The second-order valence-electron chi connectivity index (χ2n) is 8.33. The van der Waals surface area contributed by atoms with Gasteiger partial charge in [0.1, 0.15) is 12.1 Å². The summed E-state index contributed by atoms with van der Waals surface area (Å²) in [4.78, 5) is 14.2. The quantitative estimate of drug-likeness (QED) is 0.751. The molecule has 3 heterocycles. The molecule has 1 fully saturated rings. The molecule has 2 aromatic rings. The Balaban J connectivity index is 1.64. The summed E-state index contributed by atoms with van der Waals surface area (Å²) < 4.78 is 0. The number of rotatable bonds is 1. The molecule has 1 saturated heterocycles. The maximum absolute atomic E-state index is 6.41. The number of piperidine rings is 1. The van der Waals surface area contributed by atoms with Crippen LogP contribution >= 0.6 is 11.6 Å². The van der Waals surface area contributed by atoms with Crippen molar-refractivity contribution in [2.24, 2.45) is 0 Å². The fourth-order valence-corrected chi connectivity index (χ4v) is 5.31. The number of likely N-dealkylation sites (tertiary alicyclic amines) is 1. The third-order valence-electron chi connectivity index (χ3n) is 6.73. The van der Waals surface area contributed by atoms with Crippen LogP contribution in [0.1, 0.15) is 48.9 Å². The summed E-state index contributed by atoms with van der Waals surface area (Å²) in [5.41, 5.74) is 5.49. The molecule has 3 aliphatic rings. The number of hydrogen-bond acceptors (Lipinski definition) is 4. The minimum absolute atomic E-state index is 0.187. The molecule has 0 saturated carbocycles. The molecule has 0 radical (unpaired) electrons. The maximum atomic E-state index is 6.41. The largest absolute Gasteiger partial charge is 0.325 e. The molecule has 0 bridgehead atoms. The Morgan fingerprint density at radius 3 is 2.81 bits per heavy atom. The van der Waals surface area contributed by atoms with Crippen LogP contribution in [-0.4, -0.2) is 41.5 Å². The SMILES string of the molecule is CC1CCc2ncnc(N3CC4(CCN(C)CC4)c4cc(Cl)ccc43)c21. The third-order valence-corrected chi connectivity index (χ3v) is 6.97. The molecule has 2 aliphatic heterocycles. The lowest BCUT2D eigenvalue weighted by Crippen LogP contribution is -2.43. The molecule has 26 heavy (non-hydrogen) atoms. The number of aromatic nitrogens is 2. The summed E-state index contributed by atoms with van der Waals surface area (Å²) in [7, 11) is 2.22. The van der Waals surface area contributed by atoms with Crippen molar-refractivity contribution in [3.8, 4) is 0 Å². The van der Waals surface area contributed by atoms with Crippen molar-refractivity contribution in [2.75, 3.05) is 31.6 Å². The van der Waals surface area contributed by atoms with Gasteiger partial charge in [-0.3, -0.25) is 0 Å². The number of anilines is 2. The zero-order chi connectivity index (χ0) is 17.9. The van der Waals surface area contributed by atoms with Gasteiger partial charge in [0, 0.05) is 33.9 Å².